The SMILES string of the molecule is CN1CCCn2c1c(C(=O)O)c(C(F)(F)F)cc2=O. The maximum absolute atomic E-state index is 12.9. The van der Waals surface area contributed by atoms with E-state index in [-0.39, 0.29) is 12.4 Å². The summed E-state index contributed by atoms with van der Waals surface area (Å²) in [4.78, 5) is 24.2. The summed E-state index contributed by atoms with van der Waals surface area (Å²) in [5.41, 5.74) is -3.10. The number of hydrogen-bond acceptors (Lipinski definition) is 3. The highest BCUT2D eigenvalue weighted by molar-refractivity contribution is 5.95. The van der Waals surface area contributed by atoms with Gasteiger partial charge in [-0.15, -0.1) is 0 Å². The number of halogens is 3. The van der Waals surface area contributed by atoms with Crippen molar-refractivity contribution in [1.82, 2.24) is 4.57 Å². The van der Waals surface area contributed by atoms with Crippen molar-refractivity contribution in [2.24, 2.45) is 0 Å². The number of carboxylic acid groups (broad SMARTS) is 1. The van der Waals surface area contributed by atoms with Gasteiger partial charge in [-0.05, 0) is 6.42 Å². The van der Waals surface area contributed by atoms with E-state index in [1.165, 1.54) is 11.9 Å². The molecular formula is C11H11F3N2O3. The Labute approximate surface area is 105 Å². The summed E-state index contributed by atoms with van der Waals surface area (Å²) in [6.07, 6.45) is -4.30. The Balaban J connectivity index is 2.86. The Hall–Kier alpha value is -1.99. The van der Waals surface area contributed by atoms with Crippen LogP contribution in [0.3, 0.4) is 0 Å². The van der Waals surface area contributed by atoms with Crippen molar-refractivity contribution in [2.75, 3.05) is 18.5 Å². The number of hydrogen-bond donors (Lipinski definition) is 1. The molecule has 1 N–H and O–H groups in total. The molecule has 0 fully saturated rings. The van der Waals surface area contributed by atoms with E-state index in [0.29, 0.717) is 19.0 Å². The molecule has 0 saturated heterocycles. The molecule has 8 heteroatoms. The van der Waals surface area contributed by atoms with Crippen LogP contribution in [-0.2, 0) is 12.7 Å². The molecular weight excluding hydrogens is 265 g/mol. The summed E-state index contributed by atoms with van der Waals surface area (Å²) >= 11 is 0. The minimum atomic E-state index is -4.87. The second-order valence-electron chi connectivity index (χ2n) is 4.32. The van der Waals surface area contributed by atoms with E-state index in [2.05, 4.69) is 0 Å². The van der Waals surface area contributed by atoms with Crippen molar-refractivity contribution < 1.29 is 23.1 Å². The topological polar surface area (TPSA) is 62.5 Å². The van der Waals surface area contributed by atoms with Gasteiger partial charge in [0, 0.05) is 26.2 Å². The number of carbonyl (C=O) groups is 1. The van der Waals surface area contributed by atoms with Gasteiger partial charge in [0.1, 0.15) is 11.4 Å². The molecule has 0 spiro atoms. The van der Waals surface area contributed by atoms with E-state index in [0.717, 1.165) is 4.57 Å². The minimum Gasteiger partial charge on any atom is -0.478 e. The van der Waals surface area contributed by atoms with Crippen LogP contribution in [0.2, 0.25) is 0 Å². The molecule has 1 aliphatic heterocycles. The number of aromatic nitrogens is 1. The van der Waals surface area contributed by atoms with Crippen molar-refractivity contribution in [3.05, 3.63) is 27.5 Å². The maximum atomic E-state index is 12.9. The zero-order valence-electron chi connectivity index (χ0n) is 9.99. The van der Waals surface area contributed by atoms with E-state index in [1.807, 2.05) is 0 Å². The van der Waals surface area contributed by atoms with Gasteiger partial charge in [-0.2, -0.15) is 13.2 Å². The molecule has 2 heterocycles. The van der Waals surface area contributed by atoms with Crippen LogP contribution >= 0.6 is 0 Å². The molecule has 2 rings (SSSR count). The maximum Gasteiger partial charge on any atom is 0.417 e. The Bertz CT molecular complexity index is 592. The monoisotopic (exact) mass is 276 g/mol. The van der Waals surface area contributed by atoms with E-state index in [9.17, 15) is 22.8 Å². The molecule has 19 heavy (non-hydrogen) atoms. The van der Waals surface area contributed by atoms with Gasteiger partial charge in [0.05, 0.1) is 5.56 Å². The van der Waals surface area contributed by atoms with Crippen LogP contribution in [0.25, 0.3) is 0 Å². The molecule has 1 aromatic heterocycles. The zero-order chi connectivity index (χ0) is 14.4. The Morgan fingerprint density at radius 1 is 1.37 bits per heavy atom. The first-order valence-corrected chi connectivity index (χ1v) is 5.53. The van der Waals surface area contributed by atoms with Gasteiger partial charge in [-0.1, -0.05) is 0 Å². The second kappa shape index (κ2) is 4.29. The minimum absolute atomic E-state index is 0.182. The lowest BCUT2D eigenvalue weighted by molar-refractivity contribution is -0.138. The first-order chi connectivity index (χ1) is 8.73. The summed E-state index contributed by atoms with van der Waals surface area (Å²) in [5, 5.41) is 9.05. The summed E-state index contributed by atoms with van der Waals surface area (Å²) in [6, 6.07) is 0.353. The van der Waals surface area contributed by atoms with Gasteiger partial charge >= 0.3 is 12.1 Å². The first-order valence-electron chi connectivity index (χ1n) is 5.53. The number of alkyl halides is 3. The third kappa shape index (κ3) is 2.18. The lowest BCUT2D eigenvalue weighted by Gasteiger charge is -2.31. The molecule has 0 saturated carbocycles. The number of rotatable bonds is 1. The summed E-state index contributed by atoms with van der Waals surface area (Å²) in [5.74, 6) is -1.87. The zero-order valence-corrected chi connectivity index (χ0v) is 9.99. The van der Waals surface area contributed by atoms with E-state index < -0.39 is 28.8 Å². The smallest absolute Gasteiger partial charge is 0.417 e. The third-order valence-corrected chi connectivity index (χ3v) is 3.04. The molecule has 0 aliphatic carbocycles. The summed E-state index contributed by atoms with van der Waals surface area (Å²) in [6.45, 7) is 0.623. The van der Waals surface area contributed by atoms with Crippen LogP contribution in [0, 0.1) is 0 Å². The number of fused-ring (bicyclic) bond motifs is 1. The molecule has 0 atom stereocenters. The van der Waals surface area contributed by atoms with Gasteiger partial charge < -0.3 is 10.0 Å². The molecule has 1 aliphatic rings. The van der Waals surface area contributed by atoms with Gasteiger partial charge in [-0.3, -0.25) is 9.36 Å². The van der Waals surface area contributed by atoms with Crippen molar-refractivity contribution in [3.63, 3.8) is 0 Å². The molecule has 5 nitrogen and oxygen atoms in total. The van der Waals surface area contributed by atoms with Crippen LogP contribution in [0.5, 0.6) is 0 Å². The predicted octanol–water partition coefficient (Wildman–Crippen LogP) is 1.41. The van der Waals surface area contributed by atoms with E-state index >= 15 is 0 Å². The number of anilines is 1. The normalized spacial score (nSPS) is 15.3. The fourth-order valence-electron chi connectivity index (χ4n) is 2.25. The largest absolute Gasteiger partial charge is 0.478 e. The average molecular weight is 276 g/mol. The van der Waals surface area contributed by atoms with Crippen LogP contribution in [0.4, 0.5) is 19.0 Å². The highest BCUT2D eigenvalue weighted by Gasteiger charge is 2.39. The van der Waals surface area contributed by atoms with E-state index in [1.54, 1.807) is 0 Å². The second-order valence-corrected chi connectivity index (χ2v) is 4.32. The van der Waals surface area contributed by atoms with Crippen molar-refractivity contribution >= 4 is 11.8 Å². The van der Waals surface area contributed by atoms with Crippen molar-refractivity contribution in [1.29, 1.82) is 0 Å². The third-order valence-electron chi connectivity index (χ3n) is 3.04. The number of carboxylic acids is 1. The lowest BCUT2D eigenvalue weighted by atomic mass is 10.1. The van der Waals surface area contributed by atoms with Gasteiger partial charge in [0.25, 0.3) is 5.56 Å². The molecule has 0 unspecified atom stereocenters. The van der Waals surface area contributed by atoms with E-state index in [4.69, 9.17) is 5.11 Å². The Kier molecular flexibility index (Phi) is 3.03. The first kappa shape index (κ1) is 13.4. The van der Waals surface area contributed by atoms with Gasteiger partial charge in [-0.25, -0.2) is 4.79 Å². The molecule has 0 amide bonds. The van der Waals surface area contributed by atoms with Crippen LogP contribution in [-0.4, -0.2) is 29.2 Å². The average Bonchev–Trinajstić information content (AvgIpc) is 2.28. The Morgan fingerprint density at radius 2 is 2.00 bits per heavy atom. The summed E-state index contributed by atoms with van der Waals surface area (Å²) in [7, 11) is 1.47. The van der Waals surface area contributed by atoms with Crippen molar-refractivity contribution in [2.45, 2.75) is 19.1 Å². The fraction of sp³-hybridized carbons (Fsp3) is 0.455. The highest BCUT2D eigenvalue weighted by atomic mass is 19.4. The molecule has 0 radical (unpaired) electrons. The Morgan fingerprint density at radius 3 is 2.53 bits per heavy atom. The molecule has 1 aromatic rings. The predicted molar refractivity (Wildman–Crippen MR) is 60.6 cm³/mol. The van der Waals surface area contributed by atoms with Crippen LogP contribution < -0.4 is 10.5 Å². The van der Waals surface area contributed by atoms with Crippen LogP contribution in [0.15, 0.2) is 10.9 Å². The molecule has 0 bridgehead atoms. The number of pyridine rings is 1. The molecule has 0 aromatic carbocycles. The highest BCUT2D eigenvalue weighted by Crippen LogP contribution is 2.35. The van der Waals surface area contributed by atoms with Crippen LogP contribution in [0.1, 0.15) is 22.3 Å². The number of aromatic carboxylic acids is 1. The quantitative estimate of drug-likeness (QED) is 0.842. The number of nitrogens with zero attached hydrogens (tertiary/aromatic N) is 2. The van der Waals surface area contributed by atoms with Gasteiger partial charge in [0.2, 0.25) is 0 Å². The summed E-state index contributed by atoms with van der Waals surface area (Å²) < 4.78 is 39.6. The lowest BCUT2D eigenvalue weighted by Crippen LogP contribution is -2.38. The molecule has 104 valence electrons. The standard InChI is InChI=1S/C11H11F3N2O3/c1-15-3-2-4-16-7(17)5-6(11(12,13)14)8(9(15)16)10(18)19/h5H,2-4H2,1H3,(H,18,19). The fourth-order valence-corrected chi connectivity index (χ4v) is 2.25. The van der Waals surface area contributed by atoms with Crippen molar-refractivity contribution in [3.8, 4) is 0 Å². The van der Waals surface area contributed by atoms with Gasteiger partial charge in [0.15, 0.2) is 0 Å².